The lowest BCUT2D eigenvalue weighted by Gasteiger charge is -2.30. The van der Waals surface area contributed by atoms with E-state index in [4.69, 9.17) is 19.9 Å². The molecule has 11 heteroatoms. The highest BCUT2D eigenvalue weighted by atomic mass is 32.2. The van der Waals surface area contributed by atoms with Crippen LogP contribution in [0.4, 0.5) is 10.5 Å². The maximum Gasteiger partial charge on any atom is 0.407 e. The largest absolute Gasteiger partial charge is 0.491 e. The van der Waals surface area contributed by atoms with Crippen LogP contribution in [-0.2, 0) is 20.7 Å². The van der Waals surface area contributed by atoms with Gasteiger partial charge in [-0.05, 0) is 58.2 Å². The van der Waals surface area contributed by atoms with Crippen molar-refractivity contribution in [1.29, 1.82) is 0 Å². The molecule has 41 heavy (non-hydrogen) atoms. The molecule has 1 aromatic carbocycles. The van der Waals surface area contributed by atoms with Crippen molar-refractivity contribution in [1.82, 2.24) is 15.6 Å². The van der Waals surface area contributed by atoms with Gasteiger partial charge in [0.1, 0.15) is 28.2 Å². The smallest absolute Gasteiger partial charge is 0.407 e. The number of hydrogen-bond acceptors (Lipinski definition) is 9. The summed E-state index contributed by atoms with van der Waals surface area (Å²) in [5.74, 6) is 0.740. The molecule has 10 nitrogen and oxygen atoms in total. The summed E-state index contributed by atoms with van der Waals surface area (Å²) in [6, 6.07) is 9.54. The number of benzene rings is 1. The number of ether oxygens (including phenoxy) is 3. The number of alkyl carbamates (subject to hydrolysis) is 1. The van der Waals surface area contributed by atoms with Crippen LogP contribution < -0.4 is 26.0 Å². The van der Waals surface area contributed by atoms with Gasteiger partial charge in [0.25, 0.3) is 0 Å². The lowest BCUT2D eigenvalue weighted by Crippen LogP contribution is -2.49. The number of rotatable bonds is 4. The highest BCUT2D eigenvalue weighted by Gasteiger charge is 2.50. The Morgan fingerprint density at radius 1 is 1.22 bits per heavy atom. The van der Waals surface area contributed by atoms with Crippen LogP contribution in [0, 0.1) is 12.3 Å². The molecule has 3 unspecified atom stereocenters. The number of carbonyl (C=O) groups excluding carboxylic acids is 2. The van der Waals surface area contributed by atoms with Crippen molar-refractivity contribution < 1.29 is 23.8 Å². The fraction of sp³-hybridized carbons (Fsp3) is 0.567. The second-order valence-corrected chi connectivity index (χ2v) is 13.8. The van der Waals surface area contributed by atoms with Crippen LogP contribution in [0.5, 0.6) is 5.75 Å². The summed E-state index contributed by atoms with van der Waals surface area (Å²) in [5, 5.41) is 6.71. The van der Waals surface area contributed by atoms with Crippen molar-refractivity contribution in [3.05, 3.63) is 47.2 Å². The second kappa shape index (κ2) is 10.7. The molecule has 4 aliphatic rings. The Morgan fingerprint density at radius 2 is 2.05 bits per heavy atom. The highest BCUT2D eigenvalue weighted by molar-refractivity contribution is 8.01. The van der Waals surface area contributed by atoms with Crippen LogP contribution in [0.25, 0.3) is 0 Å². The van der Waals surface area contributed by atoms with Gasteiger partial charge in [-0.3, -0.25) is 4.79 Å². The summed E-state index contributed by atoms with van der Waals surface area (Å²) in [6.07, 6.45) is 1.17. The van der Waals surface area contributed by atoms with E-state index in [2.05, 4.69) is 38.7 Å². The van der Waals surface area contributed by atoms with Crippen LogP contribution in [0.1, 0.15) is 50.1 Å². The minimum absolute atomic E-state index is 0.0820. The third-order valence-electron chi connectivity index (χ3n) is 8.35. The molecule has 4 N–H and O–H groups in total. The summed E-state index contributed by atoms with van der Waals surface area (Å²) in [4.78, 5) is 32.6. The minimum atomic E-state index is -0.557. The van der Waals surface area contributed by atoms with E-state index in [-0.39, 0.29) is 29.4 Å². The summed E-state index contributed by atoms with van der Waals surface area (Å²) < 4.78 is 17.5. The van der Waals surface area contributed by atoms with Crippen molar-refractivity contribution in [3.63, 3.8) is 0 Å². The van der Waals surface area contributed by atoms with Gasteiger partial charge in [0, 0.05) is 48.1 Å². The number of thioether (sulfide) groups is 1. The van der Waals surface area contributed by atoms with Gasteiger partial charge < -0.3 is 35.5 Å². The molecule has 2 fully saturated rings. The third kappa shape index (κ3) is 5.72. The van der Waals surface area contributed by atoms with Gasteiger partial charge >= 0.3 is 6.09 Å². The molecule has 5 atom stereocenters. The number of pyridine rings is 1. The molecule has 5 heterocycles. The monoisotopic (exact) mass is 581 g/mol. The van der Waals surface area contributed by atoms with E-state index in [1.807, 2.05) is 39.8 Å². The molecule has 2 amide bonds. The summed E-state index contributed by atoms with van der Waals surface area (Å²) >= 11 is 1.43. The Hall–Kier alpha value is -3.02. The summed E-state index contributed by atoms with van der Waals surface area (Å²) in [6.45, 7) is 10.7. The molecule has 0 radical (unpaired) electrons. The maximum absolute atomic E-state index is 13.2. The van der Waals surface area contributed by atoms with Gasteiger partial charge in [-0.2, -0.15) is 0 Å². The topological polar surface area (TPSA) is 128 Å². The van der Waals surface area contributed by atoms with Crippen molar-refractivity contribution in [2.75, 3.05) is 37.8 Å². The number of aromatic nitrogens is 1. The van der Waals surface area contributed by atoms with Gasteiger partial charge in [-0.1, -0.05) is 23.9 Å². The number of aryl methyl sites for hydroxylation is 1. The average Bonchev–Trinajstić information content (AvgIpc) is 3.61. The van der Waals surface area contributed by atoms with Crippen LogP contribution in [0.2, 0.25) is 0 Å². The molecular weight excluding hydrogens is 542 g/mol. The zero-order chi connectivity index (χ0) is 28.9. The molecule has 6 rings (SSSR count). The Morgan fingerprint density at radius 3 is 2.80 bits per heavy atom. The third-order valence-corrected chi connectivity index (χ3v) is 9.66. The molecular formula is C30H39N5O5S. The van der Waals surface area contributed by atoms with Crippen molar-refractivity contribution in [2.45, 2.75) is 74.5 Å². The van der Waals surface area contributed by atoms with Gasteiger partial charge in [-0.25, -0.2) is 9.78 Å². The Kier molecular flexibility index (Phi) is 7.32. The van der Waals surface area contributed by atoms with Gasteiger partial charge in [0.05, 0.1) is 24.7 Å². The van der Waals surface area contributed by atoms with E-state index in [0.29, 0.717) is 32.8 Å². The predicted molar refractivity (Wildman–Crippen MR) is 156 cm³/mol. The van der Waals surface area contributed by atoms with Crippen molar-refractivity contribution in [3.8, 4) is 5.75 Å². The van der Waals surface area contributed by atoms with Crippen LogP contribution in [-0.4, -0.2) is 72.8 Å². The number of carbonyl (C=O) groups is 2. The van der Waals surface area contributed by atoms with Crippen LogP contribution >= 0.6 is 11.8 Å². The summed E-state index contributed by atoms with van der Waals surface area (Å²) in [5.41, 5.74) is 9.63. The SMILES string of the molecule is Cc1ccc2c(n1)SC(C(=O)N[C@H]1COc3cc(N4CC(NC(=O)OC(C)(C)C)[C@]5(CCOC5)C4)ccc3C1)C2N. The molecule has 1 spiro atoms. The van der Waals surface area contributed by atoms with Crippen molar-refractivity contribution in [2.24, 2.45) is 11.1 Å². The molecule has 2 aromatic rings. The fourth-order valence-corrected chi connectivity index (χ4v) is 7.48. The molecule has 0 bridgehead atoms. The number of amides is 2. The standard InChI is InChI=1S/C30H39N5O5S/c1-17-5-8-21-24(31)25(41-27(21)32-17)26(36)33-19-11-18-6-7-20(12-22(18)39-14-19)35-13-23(30(15-35)9-10-38-16-30)34-28(37)40-29(2,3)4/h5-8,12,19,23-25H,9-11,13-16,31H2,1-4H3,(H,33,36)(H,34,37)/t19-,23?,24?,25?,30-/m1/s1. The fourth-order valence-electron chi connectivity index (χ4n) is 6.24. The van der Waals surface area contributed by atoms with Gasteiger partial charge in [-0.15, -0.1) is 0 Å². The molecule has 4 aliphatic heterocycles. The first-order chi connectivity index (χ1) is 19.5. The number of hydrogen-bond donors (Lipinski definition) is 3. The Bertz CT molecular complexity index is 1340. The molecule has 1 aromatic heterocycles. The first-order valence-electron chi connectivity index (χ1n) is 14.3. The lowest BCUT2D eigenvalue weighted by atomic mass is 9.82. The number of anilines is 1. The lowest BCUT2D eigenvalue weighted by molar-refractivity contribution is -0.121. The van der Waals surface area contributed by atoms with Gasteiger partial charge in [0.15, 0.2) is 0 Å². The number of nitrogens with two attached hydrogens (primary N) is 1. The highest BCUT2D eigenvalue weighted by Crippen LogP contribution is 2.43. The first-order valence-corrected chi connectivity index (χ1v) is 15.2. The number of nitrogens with one attached hydrogen (secondary N) is 2. The van der Waals surface area contributed by atoms with E-state index >= 15 is 0 Å². The predicted octanol–water partition coefficient (Wildman–Crippen LogP) is 3.10. The van der Waals surface area contributed by atoms with E-state index in [1.54, 1.807) is 0 Å². The summed E-state index contributed by atoms with van der Waals surface area (Å²) in [7, 11) is 0. The van der Waals surface area contributed by atoms with Crippen LogP contribution in [0.15, 0.2) is 35.4 Å². The first kappa shape index (κ1) is 28.1. The second-order valence-electron chi connectivity index (χ2n) is 12.7. The van der Waals surface area contributed by atoms with E-state index in [1.165, 1.54) is 11.8 Å². The zero-order valence-corrected chi connectivity index (χ0v) is 24.9. The van der Waals surface area contributed by atoms with Crippen molar-refractivity contribution >= 4 is 29.4 Å². The quantitative estimate of drug-likeness (QED) is 0.499. The molecule has 0 aliphatic carbocycles. The molecule has 2 saturated heterocycles. The Labute approximate surface area is 245 Å². The average molecular weight is 582 g/mol. The number of nitrogens with zero attached hydrogens (tertiary/aromatic N) is 2. The molecule has 0 saturated carbocycles. The van der Waals surface area contributed by atoms with E-state index in [9.17, 15) is 9.59 Å². The molecule has 220 valence electrons. The van der Waals surface area contributed by atoms with E-state index in [0.717, 1.165) is 46.2 Å². The zero-order valence-electron chi connectivity index (χ0n) is 24.1. The van der Waals surface area contributed by atoms with Gasteiger partial charge in [0.2, 0.25) is 5.91 Å². The maximum atomic E-state index is 13.2. The minimum Gasteiger partial charge on any atom is -0.491 e. The normalized spacial score (nSPS) is 28.7. The van der Waals surface area contributed by atoms with Crippen LogP contribution in [0.3, 0.4) is 0 Å². The number of fused-ring (bicyclic) bond motifs is 2. The Balaban J connectivity index is 1.09. The van der Waals surface area contributed by atoms with E-state index < -0.39 is 16.9 Å².